The Bertz CT molecular complexity index is 356. The van der Waals surface area contributed by atoms with E-state index in [1.54, 1.807) is 0 Å². The quantitative estimate of drug-likeness (QED) is 0.513. The van der Waals surface area contributed by atoms with Gasteiger partial charge in [0.15, 0.2) is 5.78 Å². The normalized spacial score (nSPS) is 10.7. The summed E-state index contributed by atoms with van der Waals surface area (Å²) < 4.78 is 36.1. The van der Waals surface area contributed by atoms with Gasteiger partial charge in [0.25, 0.3) is 0 Å². The van der Waals surface area contributed by atoms with E-state index < -0.39 is 13.3 Å². The molecule has 7 heteroatoms. The Hall–Kier alpha value is 0.311. The van der Waals surface area contributed by atoms with Gasteiger partial charge in [0.05, 0.1) is 0 Å². The summed E-state index contributed by atoms with van der Waals surface area (Å²) in [4.78, 5) is 14.5. The zero-order chi connectivity index (χ0) is 10.8. The summed E-state index contributed by atoms with van der Waals surface area (Å²) >= 11 is 0. The summed E-state index contributed by atoms with van der Waals surface area (Å²) in [7, 11) is 0. The van der Waals surface area contributed by atoms with Crippen molar-refractivity contribution in [3.63, 3.8) is 0 Å². The number of nitrogens with zero attached hydrogens (tertiary/aromatic N) is 1. The molecule has 1 rings (SSSR count). The topological polar surface area (TPSA) is 30.0 Å². The Labute approximate surface area is 128 Å². The van der Waals surface area contributed by atoms with Crippen LogP contribution < -0.4 is 51.4 Å². The largest absolute Gasteiger partial charge is 1.00 e. The molecule has 0 aliphatic carbocycles. The van der Waals surface area contributed by atoms with Gasteiger partial charge in [0.1, 0.15) is 5.69 Å². The second kappa shape index (κ2) is 6.15. The third-order valence-corrected chi connectivity index (χ3v) is 1.65. The molecular weight excluding hydrogens is 233 g/mol. The molecule has 0 unspecified atom stereocenters. The maximum absolute atomic E-state index is 12.0. The van der Waals surface area contributed by atoms with E-state index in [1.165, 1.54) is 25.3 Å². The molecule has 0 radical (unpaired) electrons. The Balaban J connectivity index is 0.00000196. The molecule has 15 heavy (non-hydrogen) atoms. The molecule has 2 nitrogen and oxygen atoms in total. The standard InChI is InChI=1S/C8H8BF3NO.K/c1-6(14)8-4-7(2-3-13-8)5-9(10,11)12;/h2-4H,5H2,1H3;/q-1;+1. The molecule has 0 aromatic carbocycles. The minimum Gasteiger partial charge on any atom is -0.449 e. The van der Waals surface area contributed by atoms with Crippen molar-refractivity contribution in [1.29, 1.82) is 0 Å². The number of carbonyl (C=O) groups excluding carboxylic acids is 1. The maximum atomic E-state index is 12.0. The minimum absolute atomic E-state index is 0. The maximum Gasteiger partial charge on any atom is 1.00 e. The number of rotatable bonds is 3. The average Bonchev–Trinajstić information content (AvgIpc) is 2.01. The number of hydrogen-bond donors (Lipinski definition) is 0. The molecule has 0 N–H and O–H groups in total. The van der Waals surface area contributed by atoms with Gasteiger partial charge in [0, 0.05) is 13.1 Å². The van der Waals surface area contributed by atoms with Crippen LogP contribution in [0.5, 0.6) is 0 Å². The minimum atomic E-state index is -4.86. The average molecular weight is 241 g/mol. The van der Waals surface area contributed by atoms with E-state index in [0.717, 1.165) is 0 Å². The van der Waals surface area contributed by atoms with Gasteiger partial charge < -0.3 is 12.9 Å². The fourth-order valence-corrected chi connectivity index (χ4v) is 1.06. The zero-order valence-corrected chi connectivity index (χ0v) is 11.6. The zero-order valence-electron chi connectivity index (χ0n) is 8.51. The van der Waals surface area contributed by atoms with Gasteiger partial charge in [-0.05, 0) is 12.1 Å². The number of hydrogen-bond acceptors (Lipinski definition) is 2. The van der Waals surface area contributed by atoms with Crippen LogP contribution in [0.25, 0.3) is 0 Å². The van der Waals surface area contributed by atoms with Crippen LogP contribution in [0.2, 0.25) is 0 Å². The van der Waals surface area contributed by atoms with Crippen molar-refractivity contribution in [2.24, 2.45) is 0 Å². The van der Waals surface area contributed by atoms with Crippen LogP contribution in [0.1, 0.15) is 23.0 Å². The molecule has 1 aromatic rings. The number of ketones is 1. The monoisotopic (exact) mass is 241 g/mol. The SMILES string of the molecule is CC(=O)c1cc(C[B-](F)(F)F)ccn1.[K+]. The first-order valence-corrected chi connectivity index (χ1v) is 4.05. The van der Waals surface area contributed by atoms with Crippen molar-refractivity contribution in [3.8, 4) is 0 Å². The number of aromatic nitrogens is 1. The molecule has 0 saturated heterocycles. The Morgan fingerprint density at radius 1 is 1.47 bits per heavy atom. The van der Waals surface area contributed by atoms with Crippen molar-refractivity contribution >= 4 is 12.8 Å². The number of halogens is 3. The molecule has 0 saturated carbocycles. The summed E-state index contributed by atoms with van der Waals surface area (Å²) in [6.07, 6.45) is 0.247. The fourth-order valence-electron chi connectivity index (χ4n) is 1.06. The Kier molecular flexibility index (Phi) is 6.27. The van der Waals surface area contributed by atoms with Crippen LogP contribution in [-0.2, 0) is 6.32 Å². The van der Waals surface area contributed by atoms with Crippen LogP contribution in [0.4, 0.5) is 12.9 Å². The number of Topliss-reactive ketones (excluding diaryl/α,β-unsaturated/α-hetero) is 1. The van der Waals surface area contributed by atoms with Gasteiger partial charge in [0.2, 0.25) is 0 Å². The van der Waals surface area contributed by atoms with Gasteiger partial charge in [-0.2, -0.15) is 0 Å². The summed E-state index contributed by atoms with van der Waals surface area (Å²) in [6, 6.07) is 2.44. The molecule has 76 valence electrons. The van der Waals surface area contributed by atoms with Crippen LogP contribution in [0.15, 0.2) is 18.3 Å². The van der Waals surface area contributed by atoms with E-state index in [0.29, 0.717) is 0 Å². The number of carbonyl (C=O) groups is 1. The number of pyridine rings is 1. The first-order valence-electron chi connectivity index (χ1n) is 4.05. The Morgan fingerprint density at radius 3 is 2.53 bits per heavy atom. The second-order valence-corrected chi connectivity index (χ2v) is 3.02. The summed E-state index contributed by atoms with van der Waals surface area (Å²) in [5.41, 5.74) is 0.153. The second-order valence-electron chi connectivity index (χ2n) is 3.02. The van der Waals surface area contributed by atoms with E-state index in [4.69, 9.17) is 0 Å². The summed E-state index contributed by atoms with van der Waals surface area (Å²) in [6.45, 7) is -3.59. The molecule has 0 bridgehead atoms. The molecule has 1 heterocycles. The van der Waals surface area contributed by atoms with Gasteiger partial charge in [-0.1, -0.05) is 11.9 Å². The van der Waals surface area contributed by atoms with Gasteiger partial charge in [-0.25, -0.2) is 0 Å². The van der Waals surface area contributed by atoms with Crippen LogP contribution in [-0.4, -0.2) is 17.7 Å². The molecule has 0 aliphatic heterocycles. The predicted octanol–water partition coefficient (Wildman–Crippen LogP) is -0.783. The van der Waals surface area contributed by atoms with Gasteiger partial charge >= 0.3 is 58.4 Å². The fraction of sp³-hybridized carbons (Fsp3) is 0.250. The molecule has 0 atom stereocenters. The van der Waals surface area contributed by atoms with Crippen molar-refractivity contribution in [1.82, 2.24) is 4.98 Å². The third-order valence-electron chi connectivity index (χ3n) is 1.65. The first kappa shape index (κ1) is 15.3. The summed E-state index contributed by atoms with van der Waals surface area (Å²) in [5, 5.41) is 0. The summed E-state index contributed by atoms with van der Waals surface area (Å²) in [5.74, 6) is -0.332. The van der Waals surface area contributed by atoms with Crippen molar-refractivity contribution in [2.45, 2.75) is 13.2 Å². The molecule has 0 amide bonds. The molecule has 0 aliphatic rings. The predicted molar refractivity (Wildman–Crippen MR) is 47.0 cm³/mol. The van der Waals surface area contributed by atoms with Crippen molar-refractivity contribution in [3.05, 3.63) is 29.6 Å². The van der Waals surface area contributed by atoms with E-state index in [1.807, 2.05) is 0 Å². The first-order chi connectivity index (χ1) is 6.38. The van der Waals surface area contributed by atoms with Gasteiger partial charge in [-0.15, -0.1) is 0 Å². The molecule has 0 fully saturated rings. The van der Waals surface area contributed by atoms with E-state index >= 15 is 0 Å². The molecule has 1 aromatic heterocycles. The van der Waals surface area contributed by atoms with Crippen LogP contribution >= 0.6 is 0 Å². The molecular formula is C8H8BF3KNO. The van der Waals surface area contributed by atoms with Crippen LogP contribution in [0.3, 0.4) is 0 Å². The van der Waals surface area contributed by atoms with E-state index in [9.17, 15) is 17.7 Å². The van der Waals surface area contributed by atoms with Gasteiger partial charge in [-0.3, -0.25) is 9.78 Å². The Morgan fingerprint density at radius 2 is 2.07 bits per heavy atom. The van der Waals surface area contributed by atoms with Crippen molar-refractivity contribution in [2.75, 3.05) is 0 Å². The third kappa shape index (κ3) is 5.82. The molecule has 0 spiro atoms. The van der Waals surface area contributed by atoms with E-state index in [2.05, 4.69) is 4.98 Å². The van der Waals surface area contributed by atoms with E-state index in [-0.39, 0.29) is 68.4 Å². The smallest absolute Gasteiger partial charge is 0.449 e. The van der Waals surface area contributed by atoms with Crippen LogP contribution in [0, 0.1) is 0 Å². The van der Waals surface area contributed by atoms with Crippen molar-refractivity contribution < 1.29 is 69.1 Å².